The van der Waals surface area contributed by atoms with E-state index in [0.29, 0.717) is 18.0 Å². The van der Waals surface area contributed by atoms with Crippen molar-refractivity contribution in [1.82, 2.24) is 4.90 Å². The molecule has 0 aromatic heterocycles. The molecule has 4 rings (SSSR count). The maximum absolute atomic E-state index is 13.6. The summed E-state index contributed by atoms with van der Waals surface area (Å²) < 4.78 is 5.55. The number of amides is 1. The van der Waals surface area contributed by atoms with Gasteiger partial charge in [-0.1, -0.05) is 67.1 Å². The average molecular weight is 446 g/mol. The Morgan fingerprint density at radius 3 is 2.53 bits per heavy atom. The molecule has 1 aliphatic rings. The van der Waals surface area contributed by atoms with Gasteiger partial charge >= 0.3 is 0 Å². The summed E-state index contributed by atoms with van der Waals surface area (Å²) in [5, 5.41) is 0.682. The van der Waals surface area contributed by atoms with E-state index in [-0.39, 0.29) is 5.91 Å². The zero-order valence-corrected chi connectivity index (χ0v) is 19.4. The van der Waals surface area contributed by atoms with Crippen molar-refractivity contribution >= 4 is 17.5 Å². The summed E-state index contributed by atoms with van der Waals surface area (Å²) in [7, 11) is 1.69. The smallest absolute Gasteiger partial charge is 0.255 e. The zero-order chi connectivity index (χ0) is 22.7. The number of rotatable bonds is 8. The van der Waals surface area contributed by atoms with Crippen molar-refractivity contribution in [2.75, 3.05) is 13.7 Å². The molecule has 0 fully saturated rings. The molecule has 32 heavy (non-hydrogen) atoms. The van der Waals surface area contributed by atoms with E-state index in [1.165, 1.54) is 0 Å². The van der Waals surface area contributed by atoms with E-state index in [0.717, 1.165) is 46.4 Å². The van der Waals surface area contributed by atoms with Gasteiger partial charge in [-0.2, -0.15) is 0 Å². The third kappa shape index (κ3) is 3.71. The lowest BCUT2D eigenvalue weighted by Crippen LogP contribution is -2.46. The Balaban J connectivity index is 1.94. The molecule has 1 atom stereocenters. The number of nitrogens with zero attached hydrogens (tertiary/aromatic N) is 1. The molecule has 164 valence electrons. The summed E-state index contributed by atoms with van der Waals surface area (Å²) in [6.45, 7) is 6.67. The second-order valence-corrected chi connectivity index (χ2v) is 8.62. The minimum Gasteiger partial charge on any atom is -0.496 e. The number of hydrogen-bond donors (Lipinski definition) is 0. The van der Waals surface area contributed by atoms with Crippen molar-refractivity contribution in [2.45, 2.75) is 31.7 Å². The highest BCUT2D eigenvalue weighted by molar-refractivity contribution is 6.30. The molecule has 0 bridgehead atoms. The molecule has 1 unspecified atom stereocenters. The lowest BCUT2D eigenvalue weighted by atomic mass is 9.77. The van der Waals surface area contributed by atoms with Crippen LogP contribution in [0.25, 0.3) is 0 Å². The van der Waals surface area contributed by atoms with Gasteiger partial charge in [-0.15, -0.1) is 6.58 Å². The van der Waals surface area contributed by atoms with Gasteiger partial charge in [0.05, 0.1) is 12.6 Å². The number of allylic oxidation sites excluding steroid dienone is 1. The second kappa shape index (κ2) is 9.22. The normalized spacial score (nSPS) is 17.3. The second-order valence-electron chi connectivity index (χ2n) is 8.19. The molecular weight excluding hydrogens is 418 g/mol. The van der Waals surface area contributed by atoms with E-state index in [1.807, 2.05) is 47.4 Å². The summed E-state index contributed by atoms with van der Waals surface area (Å²) in [5.41, 5.74) is 4.51. The van der Waals surface area contributed by atoms with Crippen LogP contribution in [-0.4, -0.2) is 24.5 Å². The highest BCUT2D eigenvalue weighted by Crippen LogP contribution is 2.47. The molecule has 0 saturated heterocycles. The summed E-state index contributed by atoms with van der Waals surface area (Å²) >= 11 is 6.24. The Morgan fingerprint density at radius 2 is 1.84 bits per heavy atom. The molecule has 0 saturated carbocycles. The first-order chi connectivity index (χ1) is 15.5. The molecule has 3 aromatic rings. The van der Waals surface area contributed by atoms with E-state index < -0.39 is 5.54 Å². The number of benzene rings is 3. The van der Waals surface area contributed by atoms with Crippen molar-refractivity contribution in [3.63, 3.8) is 0 Å². The van der Waals surface area contributed by atoms with Gasteiger partial charge in [0.25, 0.3) is 5.91 Å². The fourth-order valence-electron chi connectivity index (χ4n) is 4.89. The Hall–Kier alpha value is -3.04. The molecule has 3 nitrogen and oxygen atoms in total. The van der Waals surface area contributed by atoms with E-state index in [1.54, 1.807) is 7.11 Å². The summed E-state index contributed by atoms with van der Waals surface area (Å²) in [4.78, 5) is 15.6. The van der Waals surface area contributed by atoms with Gasteiger partial charge in [-0.3, -0.25) is 4.79 Å². The topological polar surface area (TPSA) is 29.5 Å². The van der Waals surface area contributed by atoms with E-state index in [2.05, 4.69) is 43.8 Å². The first-order valence-electron chi connectivity index (χ1n) is 11.0. The van der Waals surface area contributed by atoms with Crippen LogP contribution >= 0.6 is 11.6 Å². The molecule has 1 heterocycles. The maximum atomic E-state index is 13.6. The number of methoxy groups -OCH3 is 1. The van der Waals surface area contributed by atoms with Gasteiger partial charge in [0.2, 0.25) is 0 Å². The summed E-state index contributed by atoms with van der Waals surface area (Å²) in [6, 6.07) is 22.2. The fraction of sp³-hybridized carbons (Fsp3) is 0.250. The summed E-state index contributed by atoms with van der Waals surface area (Å²) in [6.07, 6.45) is 4.14. The average Bonchev–Trinajstić information content (AvgIpc) is 3.04. The summed E-state index contributed by atoms with van der Waals surface area (Å²) in [5.74, 6) is 0.930. The van der Waals surface area contributed by atoms with Crippen LogP contribution in [0.1, 0.15) is 46.0 Å². The standard InChI is InChI=1S/C28H28ClNO2/c1-4-8-21-18-20(11-16-26(21)32-3)19-28(22-12-14-23(29)15-13-22)25-10-7-6-9-24(25)27(31)30(28)17-5-2/h4,6-7,9-16,18H,1,5,8,17,19H2,2-3H3. The lowest BCUT2D eigenvalue weighted by molar-refractivity contribution is 0.0622. The highest BCUT2D eigenvalue weighted by atomic mass is 35.5. The van der Waals surface area contributed by atoms with Crippen LogP contribution < -0.4 is 4.74 Å². The number of ether oxygens (including phenoxy) is 1. The van der Waals surface area contributed by atoms with Crippen LogP contribution in [0, 0.1) is 0 Å². The number of hydrogen-bond acceptors (Lipinski definition) is 2. The molecule has 0 aliphatic carbocycles. The van der Waals surface area contributed by atoms with E-state index >= 15 is 0 Å². The van der Waals surface area contributed by atoms with Crippen LogP contribution in [0.4, 0.5) is 0 Å². The number of carbonyl (C=O) groups excluding carboxylic acids is 1. The van der Waals surface area contributed by atoms with Crippen LogP contribution in [-0.2, 0) is 18.4 Å². The third-order valence-electron chi connectivity index (χ3n) is 6.25. The van der Waals surface area contributed by atoms with Crippen molar-refractivity contribution in [3.05, 3.63) is 112 Å². The molecule has 4 heteroatoms. The minimum absolute atomic E-state index is 0.0808. The van der Waals surface area contributed by atoms with Gasteiger partial charge in [0, 0.05) is 23.6 Å². The SMILES string of the molecule is C=CCc1cc(CC2(c3ccc(Cl)cc3)c3ccccc3C(=O)N2CCC)ccc1OC. The first-order valence-corrected chi connectivity index (χ1v) is 11.4. The quantitative estimate of drug-likeness (QED) is 0.374. The molecule has 1 aliphatic heterocycles. The number of carbonyl (C=O) groups is 1. The Morgan fingerprint density at radius 1 is 1.09 bits per heavy atom. The van der Waals surface area contributed by atoms with Crippen molar-refractivity contribution in [2.24, 2.45) is 0 Å². The number of halogens is 1. The molecule has 1 amide bonds. The Kier molecular flexibility index (Phi) is 6.38. The Labute approximate surface area is 195 Å². The monoisotopic (exact) mass is 445 g/mol. The van der Waals surface area contributed by atoms with Gasteiger partial charge in [-0.05, 0) is 59.4 Å². The molecule has 0 N–H and O–H groups in total. The van der Waals surface area contributed by atoms with Crippen LogP contribution in [0.15, 0.2) is 79.4 Å². The lowest BCUT2D eigenvalue weighted by Gasteiger charge is -2.40. The first kappa shape index (κ1) is 22.2. The van der Waals surface area contributed by atoms with E-state index in [4.69, 9.17) is 16.3 Å². The van der Waals surface area contributed by atoms with Crippen molar-refractivity contribution in [3.8, 4) is 5.75 Å². The fourth-order valence-corrected chi connectivity index (χ4v) is 5.02. The predicted molar refractivity (Wildman–Crippen MR) is 131 cm³/mol. The van der Waals surface area contributed by atoms with Crippen molar-refractivity contribution in [1.29, 1.82) is 0 Å². The van der Waals surface area contributed by atoms with E-state index in [9.17, 15) is 4.79 Å². The van der Waals surface area contributed by atoms with Crippen LogP contribution in [0.2, 0.25) is 5.02 Å². The maximum Gasteiger partial charge on any atom is 0.255 e. The van der Waals surface area contributed by atoms with Gasteiger partial charge in [0.15, 0.2) is 0 Å². The molecule has 3 aromatic carbocycles. The molecular formula is C28H28ClNO2. The van der Waals surface area contributed by atoms with Gasteiger partial charge in [-0.25, -0.2) is 0 Å². The van der Waals surface area contributed by atoms with Crippen LogP contribution in [0.3, 0.4) is 0 Å². The molecule has 0 spiro atoms. The highest BCUT2D eigenvalue weighted by Gasteiger charge is 2.50. The van der Waals surface area contributed by atoms with Crippen LogP contribution in [0.5, 0.6) is 5.75 Å². The molecule has 0 radical (unpaired) electrons. The number of fused-ring (bicyclic) bond motifs is 1. The predicted octanol–water partition coefficient (Wildman–Crippen LogP) is 6.43. The Bertz CT molecular complexity index is 1140. The third-order valence-corrected chi connectivity index (χ3v) is 6.50. The largest absolute Gasteiger partial charge is 0.496 e. The van der Waals surface area contributed by atoms with Crippen molar-refractivity contribution < 1.29 is 9.53 Å². The van der Waals surface area contributed by atoms with Gasteiger partial charge in [0.1, 0.15) is 5.75 Å². The van der Waals surface area contributed by atoms with Gasteiger partial charge < -0.3 is 9.64 Å². The minimum atomic E-state index is -0.603. The zero-order valence-electron chi connectivity index (χ0n) is 18.6.